The molecule has 0 aromatic carbocycles. The van der Waals surface area contributed by atoms with Gasteiger partial charge >= 0.3 is 0 Å². The van der Waals surface area contributed by atoms with E-state index >= 15 is 0 Å². The van der Waals surface area contributed by atoms with Crippen LogP contribution in [0, 0.1) is 11.8 Å². The molecule has 1 radical (unpaired) electrons. The van der Waals surface area contributed by atoms with Crippen LogP contribution in [0.3, 0.4) is 0 Å². The Morgan fingerprint density at radius 2 is 2.11 bits per heavy atom. The smallest absolute Gasteiger partial charge is 0.141 e. The van der Waals surface area contributed by atoms with E-state index in [0.29, 0.717) is 0 Å². The van der Waals surface area contributed by atoms with Crippen molar-refractivity contribution in [3.63, 3.8) is 0 Å². The predicted octanol–water partition coefficient (Wildman–Crippen LogP) is 3.19. The van der Waals surface area contributed by atoms with E-state index in [2.05, 4.69) is 31.0 Å². The molecule has 1 aliphatic carbocycles. The first-order valence-corrected chi connectivity index (χ1v) is 9.51. The fourth-order valence-electron chi connectivity index (χ4n) is 2.83. The molecule has 1 fully saturated rings. The fourth-order valence-corrected chi connectivity index (χ4v) is 5.24. The van der Waals surface area contributed by atoms with Crippen LogP contribution in [-0.4, -0.2) is 26.6 Å². The van der Waals surface area contributed by atoms with Gasteiger partial charge < -0.3 is 4.74 Å². The monoisotopic (exact) mass is 276 g/mol. The van der Waals surface area contributed by atoms with Crippen molar-refractivity contribution in [2.75, 3.05) is 12.8 Å². The fraction of sp³-hybridized carbons (Fsp3) is 0.688. The Morgan fingerprint density at radius 3 is 2.74 bits per heavy atom. The molecule has 0 amide bonds. The van der Waals surface area contributed by atoms with Gasteiger partial charge in [0.1, 0.15) is 8.80 Å². The summed E-state index contributed by atoms with van der Waals surface area (Å²) in [7, 11) is -0.646. The average Bonchev–Trinajstić information content (AvgIpc) is 2.91. The summed E-state index contributed by atoms with van der Waals surface area (Å²) in [4.78, 5) is 4.55. The molecule has 1 heterocycles. The Kier molecular flexibility index (Phi) is 6.05. The standard InChI is InChI=1S/C16H26NOSi/c1-14(2)12-19(16-9-5-6-10-17-16)13-18-11-15-7-3-4-8-15/h5-6,9-10,14-15H,3-4,7-8,11-13H2,1-2H3. The molecule has 1 aliphatic rings. The van der Waals surface area contributed by atoms with E-state index < -0.39 is 8.80 Å². The van der Waals surface area contributed by atoms with Crippen molar-refractivity contribution >= 4 is 14.1 Å². The molecule has 0 atom stereocenters. The first-order chi connectivity index (χ1) is 9.25. The largest absolute Gasteiger partial charge is 0.384 e. The topological polar surface area (TPSA) is 22.1 Å². The molecule has 0 saturated heterocycles. The third-order valence-corrected chi connectivity index (χ3v) is 6.67. The van der Waals surface area contributed by atoms with Gasteiger partial charge in [-0.3, -0.25) is 4.98 Å². The number of pyridine rings is 1. The maximum Gasteiger partial charge on any atom is 0.141 e. The Bertz CT molecular complexity index is 349. The minimum atomic E-state index is -0.646. The summed E-state index contributed by atoms with van der Waals surface area (Å²) in [5.41, 5.74) is 0. The summed E-state index contributed by atoms with van der Waals surface area (Å²) < 4.78 is 6.04. The van der Waals surface area contributed by atoms with Crippen molar-refractivity contribution in [3.05, 3.63) is 24.4 Å². The van der Waals surface area contributed by atoms with Crippen molar-refractivity contribution in [2.24, 2.45) is 11.8 Å². The van der Waals surface area contributed by atoms with Crippen LogP contribution in [0.2, 0.25) is 6.04 Å². The van der Waals surface area contributed by atoms with Gasteiger partial charge in [-0.1, -0.05) is 32.8 Å². The maximum absolute atomic E-state index is 6.04. The lowest BCUT2D eigenvalue weighted by atomic mass is 10.1. The molecule has 0 aliphatic heterocycles. The van der Waals surface area contributed by atoms with E-state index in [1.54, 1.807) is 0 Å². The maximum atomic E-state index is 6.04. The van der Waals surface area contributed by atoms with Crippen LogP contribution in [0.25, 0.3) is 0 Å². The molecule has 0 unspecified atom stereocenters. The second kappa shape index (κ2) is 7.80. The zero-order valence-electron chi connectivity index (χ0n) is 12.3. The molecule has 0 N–H and O–H groups in total. The summed E-state index contributed by atoms with van der Waals surface area (Å²) in [5, 5.41) is 1.28. The van der Waals surface area contributed by atoms with Gasteiger partial charge in [-0.15, -0.1) is 0 Å². The Hall–Kier alpha value is -0.673. The van der Waals surface area contributed by atoms with Crippen molar-refractivity contribution in [3.8, 4) is 0 Å². The molecule has 1 aromatic heterocycles. The molecular formula is C16H26NOSi. The summed E-state index contributed by atoms with van der Waals surface area (Å²) >= 11 is 0. The second-order valence-electron chi connectivity index (χ2n) is 6.08. The highest BCUT2D eigenvalue weighted by atomic mass is 28.3. The molecule has 19 heavy (non-hydrogen) atoms. The van der Waals surface area contributed by atoms with Gasteiger partial charge in [-0.2, -0.15) is 0 Å². The van der Waals surface area contributed by atoms with E-state index in [4.69, 9.17) is 4.74 Å². The first-order valence-electron chi connectivity index (χ1n) is 7.59. The molecular weight excluding hydrogens is 250 g/mol. The normalized spacial score (nSPS) is 16.6. The third-order valence-electron chi connectivity index (χ3n) is 3.79. The molecule has 3 heteroatoms. The van der Waals surface area contributed by atoms with Gasteiger partial charge in [-0.25, -0.2) is 0 Å². The van der Waals surface area contributed by atoms with Crippen molar-refractivity contribution in [1.29, 1.82) is 0 Å². The van der Waals surface area contributed by atoms with Crippen LogP contribution in [0.15, 0.2) is 24.4 Å². The average molecular weight is 276 g/mol. The minimum absolute atomic E-state index is 0.646. The van der Waals surface area contributed by atoms with Crippen LogP contribution >= 0.6 is 0 Å². The molecule has 0 spiro atoms. The zero-order valence-corrected chi connectivity index (χ0v) is 13.3. The van der Waals surface area contributed by atoms with Crippen molar-refractivity contribution in [2.45, 2.75) is 45.6 Å². The summed E-state index contributed by atoms with van der Waals surface area (Å²) in [6.07, 6.45) is 8.38. The van der Waals surface area contributed by atoms with E-state index in [-0.39, 0.29) is 0 Å². The van der Waals surface area contributed by atoms with E-state index in [1.807, 2.05) is 12.3 Å². The van der Waals surface area contributed by atoms with Gasteiger partial charge in [-0.05, 0) is 42.9 Å². The second-order valence-corrected chi connectivity index (χ2v) is 8.50. The van der Waals surface area contributed by atoms with E-state index in [1.165, 1.54) is 37.0 Å². The Morgan fingerprint density at radius 1 is 1.32 bits per heavy atom. The zero-order chi connectivity index (χ0) is 13.5. The van der Waals surface area contributed by atoms with Crippen molar-refractivity contribution < 1.29 is 4.74 Å². The lowest BCUT2D eigenvalue weighted by molar-refractivity contribution is 0.135. The molecule has 1 aromatic rings. The van der Waals surface area contributed by atoms with Crippen LogP contribution < -0.4 is 5.32 Å². The molecule has 2 rings (SSSR count). The van der Waals surface area contributed by atoms with Crippen LogP contribution in [0.5, 0.6) is 0 Å². The number of hydrogen-bond donors (Lipinski definition) is 0. The van der Waals surface area contributed by atoms with Gasteiger partial charge in [0, 0.05) is 24.4 Å². The number of aromatic nitrogens is 1. The van der Waals surface area contributed by atoms with Crippen LogP contribution in [-0.2, 0) is 4.74 Å². The molecule has 105 valence electrons. The highest BCUT2D eigenvalue weighted by molar-refractivity contribution is 6.72. The van der Waals surface area contributed by atoms with Gasteiger partial charge in [0.15, 0.2) is 0 Å². The van der Waals surface area contributed by atoms with Gasteiger partial charge in [0.2, 0.25) is 0 Å². The van der Waals surface area contributed by atoms with Gasteiger partial charge in [0.05, 0.1) is 0 Å². The summed E-state index contributed by atoms with van der Waals surface area (Å²) in [6, 6.07) is 7.53. The minimum Gasteiger partial charge on any atom is -0.384 e. The van der Waals surface area contributed by atoms with Crippen molar-refractivity contribution in [1.82, 2.24) is 4.98 Å². The molecule has 1 saturated carbocycles. The Labute approximate surface area is 119 Å². The molecule has 2 nitrogen and oxygen atoms in total. The molecule has 0 bridgehead atoms. The predicted molar refractivity (Wildman–Crippen MR) is 82.0 cm³/mol. The van der Waals surface area contributed by atoms with Crippen LogP contribution in [0.4, 0.5) is 0 Å². The Balaban J connectivity index is 1.83. The third kappa shape index (κ3) is 5.07. The number of ether oxygens (including phenoxy) is 1. The number of rotatable bonds is 7. The first kappa shape index (κ1) is 14.7. The quantitative estimate of drug-likeness (QED) is 0.714. The highest BCUT2D eigenvalue weighted by Crippen LogP contribution is 2.24. The van der Waals surface area contributed by atoms with E-state index in [9.17, 15) is 0 Å². The summed E-state index contributed by atoms with van der Waals surface area (Å²) in [6.45, 7) is 5.56. The number of nitrogens with zero attached hydrogens (tertiary/aromatic N) is 1. The SMILES string of the molecule is CC(C)C[Si](COCC1CCCC1)c1ccccn1. The number of hydrogen-bond acceptors (Lipinski definition) is 2. The summed E-state index contributed by atoms with van der Waals surface area (Å²) in [5.74, 6) is 1.55. The van der Waals surface area contributed by atoms with E-state index in [0.717, 1.165) is 24.7 Å². The lowest BCUT2D eigenvalue weighted by Crippen LogP contribution is -2.38. The lowest BCUT2D eigenvalue weighted by Gasteiger charge is -2.18. The van der Waals surface area contributed by atoms with Gasteiger partial charge in [0.25, 0.3) is 0 Å². The van der Waals surface area contributed by atoms with Crippen LogP contribution in [0.1, 0.15) is 39.5 Å². The highest BCUT2D eigenvalue weighted by Gasteiger charge is 2.20.